The summed E-state index contributed by atoms with van der Waals surface area (Å²) >= 11 is 0.611. The molecule has 0 radical (unpaired) electrons. The standard InChI is InChI=1S/C5H14N.Al.O.Zn.H/c1-5-6(2,3)4;;;;/h5H2,1-4H3;;;;/q+1;;;;. The van der Waals surface area contributed by atoms with Crippen molar-refractivity contribution in [3.8, 4) is 0 Å². The maximum atomic E-state index is 8.28. The van der Waals surface area contributed by atoms with Crippen LogP contribution in [-0.2, 0) is 23.3 Å². The van der Waals surface area contributed by atoms with Crippen LogP contribution in [-0.4, -0.2) is 48.4 Å². The molecule has 0 spiro atoms. The summed E-state index contributed by atoms with van der Waals surface area (Å²) in [5.41, 5.74) is 0. The molecule has 0 bridgehead atoms. The van der Waals surface area contributed by atoms with E-state index in [-0.39, 0.29) is 19.5 Å². The Balaban J connectivity index is -0.000000109. The maximum absolute atomic E-state index is 8.28. The van der Waals surface area contributed by atoms with Gasteiger partial charge in [0.2, 0.25) is 0 Å². The summed E-state index contributed by atoms with van der Waals surface area (Å²) in [7, 11) is 6.54. The van der Waals surface area contributed by atoms with E-state index in [0.29, 0.717) is 16.2 Å². The zero-order chi connectivity index (χ0) is 7.21. The van der Waals surface area contributed by atoms with Gasteiger partial charge in [-0.1, -0.05) is 0 Å². The third kappa shape index (κ3) is 27.8. The summed E-state index contributed by atoms with van der Waals surface area (Å²) in [5, 5.41) is 0. The van der Waals surface area contributed by atoms with E-state index < -0.39 is 0 Å². The monoisotopic (exact) mass is 196 g/mol. The SMILES string of the molecule is CC[N+](C)(C)C.[O]=[AlH].[Zn]. The summed E-state index contributed by atoms with van der Waals surface area (Å²) in [4.78, 5) is 0. The Morgan fingerprint density at radius 1 is 1.22 bits per heavy atom. The molecule has 0 aromatic carbocycles. The Hall–Kier alpha value is 0.916. The first kappa shape index (κ1) is 16.5. The normalized spacial score (nSPS) is 8.33. The average molecular weight is 198 g/mol. The summed E-state index contributed by atoms with van der Waals surface area (Å²) in [5.74, 6) is 0. The molecule has 0 unspecified atom stereocenters. The van der Waals surface area contributed by atoms with E-state index in [2.05, 4.69) is 28.1 Å². The molecule has 0 aliphatic rings. The van der Waals surface area contributed by atoms with Crippen LogP contribution in [0.15, 0.2) is 0 Å². The van der Waals surface area contributed by atoms with Crippen LogP contribution in [0.25, 0.3) is 0 Å². The van der Waals surface area contributed by atoms with Gasteiger partial charge in [-0.05, 0) is 6.92 Å². The van der Waals surface area contributed by atoms with Crippen molar-refractivity contribution in [3.05, 3.63) is 0 Å². The molecule has 50 valence electrons. The molecule has 4 heteroatoms. The van der Waals surface area contributed by atoms with E-state index in [1.54, 1.807) is 0 Å². The number of hydrogen-bond acceptors (Lipinski definition) is 1. The van der Waals surface area contributed by atoms with Gasteiger partial charge < -0.3 is 4.48 Å². The molecule has 2 nitrogen and oxygen atoms in total. The van der Waals surface area contributed by atoms with Gasteiger partial charge in [0.05, 0.1) is 27.7 Å². The third-order valence-corrected chi connectivity index (χ3v) is 0.949. The first-order valence-electron chi connectivity index (χ1n) is 2.65. The smallest absolute Gasteiger partial charge is 0 e. The second-order valence-electron chi connectivity index (χ2n) is 2.61. The van der Waals surface area contributed by atoms with Gasteiger partial charge in [0.25, 0.3) is 0 Å². The molecular formula is C5H15AlNOZn+. The Morgan fingerprint density at radius 2 is 1.33 bits per heavy atom. The third-order valence-electron chi connectivity index (χ3n) is 0.949. The van der Waals surface area contributed by atoms with Crippen molar-refractivity contribution in [1.82, 2.24) is 0 Å². The number of hydrogen-bond donors (Lipinski definition) is 0. The van der Waals surface area contributed by atoms with E-state index >= 15 is 0 Å². The van der Waals surface area contributed by atoms with Crippen molar-refractivity contribution in [1.29, 1.82) is 0 Å². The fourth-order valence-electron chi connectivity index (χ4n) is 0. The predicted molar refractivity (Wildman–Crippen MR) is 36.4 cm³/mol. The second kappa shape index (κ2) is 8.92. The van der Waals surface area contributed by atoms with Gasteiger partial charge in [0.15, 0.2) is 0 Å². The van der Waals surface area contributed by atoms with Crippen LogP contribution in [0, 0.1) is 0 Å². The molecule has 0 fully saturated rings. The summed E-state index contributed by atoms with van der Waals surface area (Å²) in [6, 6.07) is 0. The molecule has 0 saturated carbocycles. The van der Waals surface area contributed by atoms with E-state index in [0.717, 1.165) is 4.48 Å². The predicted octanol–water partition coefficient (Wildman–Crippen LogP) is -0.0573. The van der Waals surface area contributed by atoms with Gasteiger partial charge in [-0.2, -0.15) is 0 Å². The molecule has 0 aromatic heterocycles. The number of rotatable bonds is 1. The van der Waals surface area contributed by atoms with E-state index in [1.165, 1.54) is 6.54 Å². The Kier molecular flexibility index (Phi) is 16.3. The minimum absolute atomic E-state index is 0. The van der Waals surface area contributed by atoms with Crippen LogP contribution in [0.3, 0.4) is 0 Å². The summed E-state index contributed by atoms with van der Waals surface area (Å²) in [6.07, 6.45) is 0. The van der Waals surface area contributed by atoms with Crippen LogP contribution in [0.4, 0.5) is 0 Å². The van der Waals surface area contributed by atoms with Crippen LogP contribution >= 0.6 is 0 Å². The first-order chi connectivity index (χ1) is 3.56. The van der Waals surface area contributed by atoms with Gasteiger partial charge >= 0.3 is 20.0 Å². The van der Waals surface area contributed by atoms with Crippen molar-refractivity contribution in [3.63, 3.8) is 0 Å². The number of quaternary nitrogens is 1. The molecule has 0 rings (SSSR count). The summed E-state index contributed by atoms with van der Waals surface area (Å²) < 4.78 is 9.35. The summed E-state index contributed by atoms with van der Waals surface area (Å²) in [6.45, 7) is 3.39. The van der Waals surface area contributed by atoms with Crippen molar-refractivity contribution < 1.29 is 27.8 Å². The zero-order valence-corrected chi connectivity index (χ0v) is 11.4. The Labute approximate surface area is 78.6 Å². The van der Waals surface area contributed by atoms with Crippen LogP contribution in [0.5, 0.6) is 0 Å². The molecule has 0 aliphatic heterocycles. The molecule has 0 aliphatic carbocycles. The maximum Gasteiger partial charge on any atom is 0 e. The van der Waals surface area contributed by atoms with Gasteiger partial charge in [-0.3, -0.25) is 0 Å². The second-order valence-corrected chi connectivity index (χ2v) is 2.61. The largest absolute Gasteiger partial charge is 0 e. The van der Waals surface area contributed by atoms with Crippen molar-refractivity contribution in [2.24, 2.45) is 0 Å². The van der Waals surface area contributed by atoms with Crippen molar-refractivity contribution in [2.75, 3.05) is 27.7 Å². The molecule has 0 atom stereocenters. The minimum atomic E-state index is 0. The van der Waals surface area contributed by atoms with E-state index in [9.17, 15) is 0 Å². The van der Waals surface area contributed by atoms with Gasteiger partial charge in [-0.15, -0.1) is 0 Å². The average Bonchev–Trinajstić information content (AvgIpc) is 1.71. The molecule has 0 aromatic rings. The van der Waals surface area contributed by atoms with Gasteiger partial charge in [0.1, 0.15) is 0 Å². The van der Waals surface area contributed by atoms with E-state index in [4.69, 9.17) is 3.80 Å². The van der Waals surface area contributed by atoms with E-state index in [1.807, 2.05) is 0 Å². The zero-order valence-electron chi connectivity index (χ0n) is 6.98. The molecule has 0 heterocycles. The number of nitrogens with zero attached hydrogens (tertiary/aromatic N) is 1. The minimum Gasteiger partial charge on any atom is 0 e. The molecule has 0 amide bonds. The first-order valence-corrected chi connectivity index (χ1v) is 3.23. The van der Waals surface area contributed by atoms with Gasteiger partial charge in [0, 0.05) is 19.5 Å². The topological polar surface area (TPSA) is 17.1 Å². The fourth-order valence-corrected chi connectivity index (χ4v) is 0. The van der Waals surface area contributed by atoms with Crippen LogP contribution < -0.4 is 0 Å². The molecular weight excluding hydrogens is 182 g/mol. The quantitative estimate of drug-likeness (QED) is 0.425. The molecule has 9 heavy (non-hydrogen) atoms. The molecule has 0 saturated heterocycles. The van der Waals surface area contributed by atoms with Crippen molar-refractivity contribution >= 4 is 16.2 Å². The molecule has 0 N–H and O–H groups in total. The van der Waals surface area contributed by atoms with Crippen LogP contribution in [0.1, 0.15) is 6.92 Å². The fraction of sp³-hybridized carbons (Fsp3) is 1.00. The Bertz CT molecular complexity index is 55.4. The van der Waals surface area contributed by atoms with Gasteiger partial charge in [-0.25, -0.2) is 0 Å². The van der Waals surface area contributed by atoms with Crippen LogP contribution in [0.2, 0.25) is 0 Å². The Morgan fingerprint density at radius 3 is 1.33 bits per heavy atom. The van der Waals surface area contributed by atoms with Crippen molar-refractivity contribution in [2.45, 2.75) is 6.92 Å².